The van der Waals surface area contributed by atoms with Gasteiger partial charge in [0.15, 0.2) is 0 Å². The summed E-state index contributed by atoms with van der Waals surface area (Å²) >= 11 is 0. The Kier molecular flexibility index (Phi) is 6.15. The van der Waals surface area contributed by atoms with Crippen LogP contribution in [0.25, 0.3) is 0 Å². The highest BCUT2D eigenvalue weighted by molar-refractivity contribution is 5.83. The zero-order valence-electron chi connectivity index (χ0n) is 12.5. The predicted octanol–water partition coefficient (Wildman–Crippen LogP) is 2.01. The highest BCUT2D eigenvalue weighted by Crippen LogP contribution is 2.12. The van der Waals surface area contributed by atoms with Crippen LogP contribution < -0.4 is 5.32 Å². The first-order valence-corrected chi connectivity index (χ1v) is 6.33. The Hall–Kier alpha value is -1.26. The second-order valence-corrected chi connectivity index (χ2v) is 5.72. The normalized spacial score (nSPS) is 13.1. The van der Waals surface area contributed by atoms with E-state index in [4.69, 9.17) is 4.74 Å². The number of esters is 1. The molecule has 18 heavy (non-hydrogen) atoms. The van der Waals surface area contributed by atoms with Gasteiger partial charge in [-0.05, 0) is 33.6 Å². The summed E-state index contributed by atoms with van der Waals surface area (Å²) in [6.07, 6.45) is 0. The fourth-order valence-corrected chi connectivity index (χ4v) is 1.25. The summed E-state index contributed by atoms with van der Waals surface area (Å²) in [6.45, 7) is 11.6. The molecule has 1 N–H and O–H groups in total. The Morgan fingerprint density at radius 2 is 1.78 bits per heavy atom. The molecule has 0 spiro atoms. The summed E-state index contributed by atoms with van der Waals surface area (Å²) in [5, 5.41) is 2.70. The van der Waals surface area contributed by atoms with Gasteiger partial charge in [0.2, 0.25) is 0 Å². The van der Waals surface area contributed by atoms with Crippen molar-refractivity contribution < 1.29 is 14.3 Å². The molecule has 2 amide bonds. The van der Waals surface area contributed by atoms with E-state index >= 15 is 0 Å². The molecular weight excluding hydrogens is 232 g/mol. The molecule has 0 aliphatic heterocycles. The maximum absolute atomic E-state index is 12.0. The van der Waals surface area contributed by atoms with E-state index < -0.39 is 17.6 Å². The number of carbonyl (C=O) groups is 2. The molecule has 0 aliphatic carbocycles. The highest BCUT2D eigenvalue weighted by Gasteiger charge is 2.29. The van der Waals surface area contributed by atoms with E-state index in [9.17, 15) is 9.59 Å². The Bertz CT molecular complexity index is 295. The van der Waals surface area contributed by atoms with Gasteiger partial charge in [-0.15, -0.1) is 0 Å². The molecule has 5 heteroatoms. The lowest BCUT2D eigenvalue weighted by molar-refractivity contribution is -0.158. The molecule has 0 aliphatic rings. The maximum Gasteiger partial charge on any atom is 0.329 e. The number of nitrogens with one attached hydrogen (secondary N) is 1. The molecule has 0 unspecified atom stereocenters. The first-order valence-electron chi connectivity index (χ1n) is 6.33. The number of ether oxygens (including phenoxy) is 1. The van der Waals surface area contributed by atoms with Crippen LogP contribution in [0.4, 0.5) is 4.79 Å². The Labute approximate surface area is 110 Å². The summed E-state index contributed by atoms with van der Waals surface area (Å²) in [6, 6.07) is -0.882. The zero-order valence-corrected chi connectivity index (χ0v) is 12.5. The van der Waals surface area contributed by atoms with Crippen LogP contribution >= 0.6 is 0 Å². The van der Waals surface area contributed by atoms with Crippen molar-refractivity contribution in [3.05, 3.63) is 0 Å². The van der Waals surface area contributed by atoms with Crippen LogP contribution in [0.3, 0.4) is 0 Å². The number of hydrogen-bond acceptors (Lipinski definition) is 3. The molecule has 0 aromatic carbocycles. The van der Waals surface area contributed by atoms with Gasteiger partial charge in [0.05, 0.1) is 0 Å². The van der Waals surface area contributed by atoms with Gasteiger partial charge in [0, 0.05) is 13.6 Å². The molecule has 0 heterocycles. The van der Waals surface area contributed by atoms with Gasteiger partial charge in [0.25, 0.3) is 0 Å². The van der Waals surface area contributed by atoms with E-state index in [1.54, 1.807) is 7.05 Å². The van der Waals surface area contributed by atoms with Crippen molar-refractivity contribution >= 4 is 12.0 Å². The van der Waals surface area contributed by atoms with Crippen molar-refractivity contribution in [1.82, 2.24) is 10.2 Å². The Balaban J connectivity index is 4.68. The lowest BCUT2D eigenvalue weighted by Gasteiger charge is -2.28. The quantitative estimate of drug-likeness (QED) is 0.785. The molecule has 0 aromatic rings. The Morgan fingerprint density at radius 3 is 2.11 bits per heavy atom. The van der Waals surface area contributed by atoms with E-state index in [1.165, 1.54) is 4.90 Å². The van der Waals surface area contributed by atoms with E-state index in [0.29, 0.717) is 6.54 Å². The van der Waals surface area contributed by atoms with Crippen molar-refractivity contribution in [2.75, 3.05) is 13.6 Å². The number of rotatable bonds is 4. The minimum atomic E-state index is -0.620. The van der Waals surface area contributed by atoms with Crippen molar-refractivity contribution in [2.24, 2.45) is 5.92 Å². The van der Waals surface area contributed by atoms with Crippen LogP contribution in [-0.4, -0.2) is 42.1 Å². The van der Waals surface area contributed by atoms with Gasteiger partial charge < -0.3 is 15.0 Å². The van der Waals surface area contributed by atoms with Crippen molar-refractivity contribution in [3.63, 3.8) is 0 Å². The van der Waals surface area contributed by atoms with Crippen molar-refractivity contribution in [2.45, 2.75) is 53.2 Å². The second kappa shape index (κ2) is 6.61. The second-order valence-electron chi connectivity index (χ2n) is 5.72. The van der Waals surface area contributed by atoms with E-state index in [-0.39, 0.29) is 11.9 Å². The van der Waals surface area contributed by atoms with Crippen LogP contribution in [0.2, 0.25) is 0 Å². The molecule has 0 bridgehead atoms. The molecule has 0 aromatic heterocycles. The van der Waals surface area contributed by atoms with E-state index in [1.807, 2.05) is 41.5 Å². The summed E-state index contributed by atoms with van der Waals surface area (Å²) < 4.78 is 5.30. The standard InChI is InChI=1S/C13H26N2O3/c1-8-15(7)12(17)14-10(9(2)3)11(16)18-13(4,5)6/h9-10H,8H2,1-7H3,(H,14,17)/t10-/m0/s1. The monoisotopic (exact) mass is 258 g/mol. The summed E-state index contributed by atoms with van der Waals surface area (Å²) in [5.41, 5.74) is -0.550. The van der Waals surface area contributed by atoms with Gasteiger partial charge in [-0.3, -0.25) is 0 Å². The van der Waals surface area contributed by atoms with Crippen LogP contribution in [0.15, 0.2) is 0 Å². The first-order chi connectivity index (χ1) is 8.08. The minimum absolute atomic E-state index is 0.0194. The molecule has 0 saturated carbocycles. The molecule has 0 rings (SSSR count). The van der Waals surface area contributed by atoms with Gasteiger partial charge in [-0.2, -0.15) is 0 Å². The van der Waals surface area contributed by atoms with Crippen LogP contribution in [0, 0.1) is 5.92 Å². The van der Waals surface area contributed by atoms with Gasteiger partial charge >= 0.3 is 12.0 Å². The molecule has 5 nitrogen and oxygen atoms in total. The lowest BCUT2D eigenvalue weighted by atomic mass is 10.0. The Morgan fingerprint density at radius 1 is 1.28 bits per heavy atom. The highest BCUT2D eigenvalue weighted by atomic mass is 16.6. The predicted molar refractivity (Wildman–Crippen MR) is 71.3 cm³/mol. The third kappa shape index (κ3) is 5.89. The summed E-state index contributed by atoms with van der Waals surface area (Å²) in [5.74, 6) is -0.413. The van der Waals surface area contributed by atoms with Crippen LogP contribution in [-0.2, 0) is 9.53 Å². The van der Waals surface area contributed by atoms with E-state index in [2.05, 4.69) is 5.32 Å². The SMILES string of the molecule is CCN(C)C(=O)N[C@H](C(=O)OC(C)(C)C)C(C)C. The van der Waals surface area contributed by atoms with Crippen LogP contribution in [0.1, 0.15) is 41.5 Å². The topological polar surface area (TPSA) is 58.6 Å². The number of amides is 2. The molecule has 0 fully saturated rings. The average molecular weight is 258 g/mol. The number of carbonyl (C=O) groups excluding carboxylic acids is 2. The molecule has 0 saturated heterocycles. The molecule has 0 radical (unpaired) electrons. The fourth-order valence-electron chi connectivity index (χ4n) is 1.25. The number of hydrogen-bond donors (Lipinski definition) is 1. The van der Waals surface area contributed by atoms with Crippen LogP contribution in [0.5, 0.6) is 0 Å². The average Bonchev–Trinajstić information content (AvgIpc) is 2.21. The van der Waals surface area contributed by atoms with Gasteiger partial charge in [-0.25, -0.2) is 9.59 Å². The zero-order chi connectivity index (χ0) is 14.5. The summed E-state index contributed by atoms with van der Waals surface area (Å²) in [7, 11) is 1.68. The minimum Gasteiger partial charge on any atom is -0.458 e. The van der Waals surface area contributed by atoms with Crippen molar-refractivity contribution in [3.8, 4) is 0 Å². The van der Waals surface area contributed by atoms with Crippen molar-refractivity contribution in [1.29, 1.82) is 0 Å². The first kappa shape index (κ1) is 16.7. The van der Waals surface area contributed by atoms with Gasteiger partial charge in [0.1, 0.15) is 11.6 Å². The third-order valence-corrected chi connectivity index (χ3v) is 2.43. The molecular formula is C13H26N2O3. The number of urea groups is 1. The maximum atomic E-state index is 12.0. The lowest BCUT2D eigenvalue weighted by Crippen LogP contribution is -2.50. The van der Waals surface area contributed by atoms with Gasteiger partial charge in [-0.1, -0.05) is 13.8 Å². The molecule has 106 valence electrons. The molecule has 1 atom stereocenters. The summed E-state index contributed by atoms with van der Waals surface area (Å²) in [4.78, 5) is 25.3. The van der Waals surface area contributed by atoms with E-state index in [0.717, 1.165) is 0 Å². The number of nitrogens with zero attached hydrogens (tertiary/aromatic N) is 1. The fraction of sp³-hybridized carbons (Fsp3) is 0.846. The smallest absolute Gasteiger partial charge is 0.329 e. The largest absolute Gasteiger partial charge is 0.458 e. The third-order valence-electron chi connectivity index (χ3n) is 2.43.